The molecule has 6 amide bonds. The van der Waals surface area contributed by atoms with Gasteiger partial charge in [-0.1, -0.05) is 72.8 Å². The maximum absolute atomic E-state index is 14.2. The molecule has 4 aromatic carbocycles. The molecule has 0 aromatic heterocycles. The highest BCUT2D eigenvalue weighted by molar-refractivity contribution is 5.97. The van der Waals surface area contributed by atoms with Crippen molar-refractivity contribution in [2.75, 3.05) is 40.3 Å². The number of carbonyl (C=O) groups is 8. The second kappa shape index (κ2) is 27.0. The lowest BCUT2D eigenvalue weighted by Gasteiger charge is -2.31. The summed E-state index contributed by atoms with van der Waals surface area (Å²) in [7, 11) is 3.32. The molecule has 78 heavy (non-hydrogen) atoms. The summed E-state index contributed by atoms with van der Waals surface area (Å²) in [4.78, 5) is 113. The number of Topliss-reactive ketones (excluding diaryl/α,β-unsaturated/α-hetero) is 2. The van der Waals surface area contributed by atoms with E-state index in [0.29, 0.717) is 62.7 Å². The van der Waals surface area contributed by atoms with E-state index in [2.05, 4.69) is 56.2 Å². The first kappa shape index (κ1) is 57.1. The second-order valence-electron chi connectivity index (χ2n) is 21.7. The normalized spacial score (nSPS) is 20.3. The van der Waals surface area contributed by atoms with Crippen molar-refractivity contribution in [2.24, 2.45) is 0 Å². The third-order valence-electron chi connectivity index (χ3n) is 16.6. The van der Waals surface area contributed by atoms with E-state index in [4.69, 9.17) is 0 Å². The molecule has 2 aliphatic heterocycles. The molecule has 0 saturated carbocycles. The summed E-state index contributed by atoms with van der Waals surface area (Å²) < 4.78 is 0. The summed E-state index contributed by atoms with van der Waals surface area (Å²) in [6.45, 7) is 4.43. The van der Waals surface area contributed by atoms with Crippen LogP contribution in [0.1, 0.15) is 146 Å². The number of amides is 6. The van der Waals surface area contributed by atoms with Crippen LogP contribution in [0.4, 0.5) is 0 Å². The topological polar surface area (TPSA) is 215 Å². The molecule has 2 aliphatic carbocycles. The lowest BCUT2D eigenvalue weighted by atomic mass is 9.79. The van der Waals surface area contributed by atoms with Gasteiger partial charge >= 0.3 is 0 Å². The number of ketones is 2. The number of hydrogen-bond donors (Lipinski definition) is 6. The Bertz CT molecular complexity index is 2610. The highest BCUT2D eigenvalue weighted by Crippen LogP contribution is 2.37. The average Bonchev–Trinajstić information content (AvgIpc) is 4.20. The van der Waals surface area contributed by atoms with Gasteiger partial charge in [0, 0.05) is 50.1 Å². The Balaban J connectivity index is 0.830. The van der Waals surface area contributed by atoms with Gasteiger partial charge in [-0.3, -0.25) is 38.4 Å². The maximum Gasteiger partial charge on any atom is 0.251 e. The van der Waals surface area contributed by atoms with Gasteiger partial charge in [-0.05, 0) is 174 Å². The van der Waals surface area contributed by atoms with Gasteiger partial charge in [-0.2, -0.15) is 0 Å². The van der Waals surface area contributed by atoms with E-state index in [9.17, 15) is 38.4 Å². The molecule has 8 rings (SSSR count). The second-order valence-corrected chi connectivity index (χ2v) is 21.7. The zero-order chi connectivity index (χ0) is 55.3. The monoisotopic (exact) mass is 1060 g/mol. The highest BCUT2D eigenvalue weighted by Gasteiger charge is 2.41. The number of aryl methyl sites for hydroxylation is 2. The van der Waals surface area contributed by atoms with Crippen molar-refractivity contribution in [1.82, 2.24) is 41.7 Å². The summed E-state index contributed by atoms with van der Waals surface area (Å²) in [5, 5.41) is 17.4. The zero-order valence-electron chi connectivity index (χ0n) is 45.7. The Hall–Kier alpha value is -7.04. The van der Waals surface area contributed by atoms with E-state index < -0.39 is 36.3 Å². The van der Waals surface area contributed by atoms with Crippen molar-refractivity contribution in [2.45, 2.75) is 152 Å². The van der Waals surface area contributed by atoms with E-state index in [-0.39, 0.29) is 84.8 Å². The maximum atomic E-state index is 14.2. The van der Waals surface area contributed by atoms with Crippen molar-refractivity contribution in [3.63, 3.8) is 0 Å². The largest absolute Gasteiger partial charge is 0.352 e. The molecule has 8 atom stereocenters. The van der Waals surface area contributed by atoms with Crippen molar-refractivity contribution < 1.29 is 38.4 Å². The number of hydrogen-bond acceptors (Lipinski definition) is 10. The number of carbonyl (C=O) groups excluding carboxylic acids is 8. The molecule has 0 unspecified atom stereocenters. The summed E-state index contributed by atoms with van der Waals surface area (Å²) >= 11 is 0. The number of rotatable bonds is 23. The molecule has 4 aliphatic rings. The first-order chi connectivity index (χ1) is 37.7. The predicted octanol–water partition coefficient (Wildman–Crippen LogP) is 5.92. The van der Waals surface area contributed by atoms with Crippen LogP contribution >= 0.6 is 0 Å². The van der Waals surface area contributed by atoms with Crippen LogP contribution in [0.5, 0.6) is 0 Å². The zero-order valence-corrected chi connectivity index (χ0v) is 45.7. The van der Waals surface area contributed by atoms with Gasteiger partial charge in [-0.25, -0.2) is 0 Å². The minimum Gasteiger partial charge on any atom is -0.352 e. The van der Waals surface area contributed by atoms with Gasteiger partial charge in [0.1, 0.15) is 12.1 Å². The Morgan fingerprint density at radius 1 is 0.500 bits per heavy atom. The summed E-state index contributed by atoms with van der Waals surface area (Å²) in [6.07, 6.45) is 9.44. The van der Waals surface area contributed by atoms with E-state index in [0.717, 1.165) is 49.7 Å². The fraction of sp³-hybridized carbons (Fsp3) is 0.484. The molecule has 6 N–H and O–H groups in total. The van der Waals surface area contributed by atoms with Crippen LogP contribution in [0.15, 0.2) is 97.1 Å². The lowest BCUT2D eigenvalue weighted by Crippen LogP contribution is -2.55. The molecule has 0 spiro atoms. The quantitative estimate of drug-likeness (QED) is 0.0516. The highest BCUT2D eigenvalue weighted by atomic mass is 16.2. The van der Waals surface area contributed by atoms with Gasteiger partial charge in [-0.15, -0.1) is 0 Å². The molecule has 2 saturated heterocycles. The molecule has 16 nitrogen and oxygen atoms in total. The number of nitrogens with zero attached hydrogens (tertiary/aromatic N) is 2. The van der Waals surface area contributed by atoms with Crippen LogP contribution in [-0.2, 0) is 41.6 Å². The smallest absolute Gasteiger partial charge is 0.251 e. The Labute approximate surface area is 459 Å². The molecule has 0 radical (unpaired) electrons. The number of likely N-dealkylation sites (N-methyl/N-ethyl adjacent to an activating group) is 2. The summed E-state index contributed by atoms with van der Waals surface area (Å²) in [5.41, 5.74) is 7.42. The van der Waals surface area contributed by atoms with Crippen molar-refractivity contribution in [3.05, 3.63) is 130 Å². The van der Waals surface area contributed by atoms with Gasteiger partial charge < -0.3 is 41.7 Å². The van der Waals surface area contributed by atoms with Crippen LogP contribution in [0.3, 0.4) is 0 Å². The number of nitrogens with one attached hydrogen (secondary N) is 6. The molecule has 0 bridgehead atoms. The average molecular weight is 1060 g/mol. The molecular weight excluding hydrogens is 985 g/mol. The molecule has 2 fully saturated rings. The SMILES string of the molecule is CN[C@@H](C)C(=O)N[C@@H](CCNC(=O)c1ccc(-c2ccc(C(=O)NCC[C@H](NC(=O)[C@H](C)NC)C(=O)N3CCC[C@H]3C(=O)C[C@@H]3CCCc4ccccc43)cc2)cc1)C(=O)N1CCC[C@H]1C(=O)C[C@@H]1CCCc2ccccc21. The van der Waals surface area contributed by atoms with Gasteiger partial charge in [0.15, 0.2) is 11.6 Å². The first-order valence-electron chi connectivity index (χ1n) is 28.3. The number of likely N-dealkylation sites (tertiary alicyclic amines) is 2. The predicted molar refractivity (Wildman–Crippen MR) is 300 cm³/mol. The van der Waals surface area contributed by atoms with E-state index in [1.165, 1.54) is 22.3 Å². The van der Waals surface area contributed by atoms with Crippen molar-refractivity contribution >= 4 is 47.0 Å². The fourth-order valence-electron chi connectivity index (χ4n) is 11.9. The standard InChI is InChI=1S/C62H78N8O8/c1-39(63-3)57(73)67-51(61(77)69-35-11-21-53(69)55(71)37-47-17-9-15-43-13-5-7-19-49(43)47)31-33-65-59(75)45-27-23-41(24-28-45)42-25-29-46(30-26-42)60(76)66-34-32-52(68-58(74)40(2)64-4)62(78)70-36-12-22-54(70)56(72)38-48-18-10-16-44-14-6-8-20-50(44)48/h5-8,13-14,19-20,23-30,39-40,47-48,51-54,63-64H,9-12,15-18,21-22,31-38H2,1-4H3,(H,65,75)(H,66,76)(H,67,73)(H,68,74)/t39-,40-,47-,48-,51-,52-,53-,54-/m0/s1. The Kier molecular flexibility index (Phi) is 19.8. The van der Waals surface area contributed by atoms with Crippen LogP contribution in [0, 0.1) is 0 Å². The Morgan fingerprint density at radius 2 is 0.885 bits per heavy atom. The Morgan fingerprint density at radius 3 is 1.27 bits per heavy atom. The van der Waals surface area contributed by atoms with Crippen molar-refractivity contribution in [3.8, 4) is 11.1 Å². The van der Waals surface area contributed by atoms with E-state index in [1.54, 1.807) is 86.3 Å². The minimum absolute atomic E-state index is 0.0443. The molecular formula is C62H78N8O8. The van der Waals surface area contributed by atoms with Gasteiger partial charge in [0.25, 0.3) is 11.8 Å². The van der Waals surface area contributed by atoms with E-state index in [1.807, 2.05) is 24.3 Å². The van der Waals surface area contributed by atoms with Gasteiger partial charge in [0.05, 0.1) is 24.2 Å². The molecule has 4 aromatic rings. The summed E-state index contributed by atoms with van der Waals surface area (Å²) in [5.74, 6) is -1.75. The van der Waals surface area contributed by atoms with Gasteiger partial charge in [0.2, 0.25) is 23.6 Å². The molecule has 16 heteroatoms. The van der Waals surface area contributed by atoms with E-state index >= 15 is 0 Å². The number of fused-ring (bicyclic) bond motifs is 2. The number of benzene rings is 4. The van der Waals surface area contributed by atoms with Crippen molar-refractivity contribution in [1.29, 1.82) is 0 Å². The van der Waals surface area contributed by atoms with Crippen LogP contribution in [-0.4, -0.2) is 133 Å². The third kappa shape index (κ3) is 14.0. The molecule has 414 valence electrons. The summed E-state index contributed by atoms with van der Waals surface area (Å²) in [6, 6.07) is 26.4. The van der Waals surface area contributed by atoms with Crippen LogP contribution in [0.25, 0.3) is 11.1 Å². The van der Waals surface area contributed by atoms with Crippen LogP contribution < -0.4 is 31.9 Å². The first-order valence-corrected chi connectivity index (χ1v) is 28.3. The molecule has 2 heterocycles. The minimum atomic E-state index is -0.951. The van der Waals surface area contributed by atoms with Crippen LogP contribution in [0.2, 0.25) is 0 Å². The third-order valence-corrected chi connectivity index (χ3v) is 16.6. The fourth-order valence-corrected chi connectivity index (χ4v) is 11.9. The lowest BCUT2D eigenvalue weighted by molar-refractivity contribution is -0.141.